The van der Waals surface area contributed by atoms with Gasteiger partial charge in [-0.3, -0.25) is 0 Å². The fourth-order valence-electron chi connectivity index (χ4n) is 3.59. The number of hydrogen-bond donors (Lipinski definition) is 1. The molecule has 0 saturated carbocycles. The molecule has 1 aliphatic heterocycles. The van der Waals surface area contributed by atoms with E-state index in [2.05, 4.69) is 90.0 Å². The zero-order chi connectivity index (χ0) is 15.8. The van der Waals surface area contributed by atoms with Crippen molar-refractivity contribution in [3.05, 3.63) is 32.7 Å². The number of halogens is 2. The van der Waals surface area contributed by atoms with Crippen LogP contribution >= 0.6 is 31.9 Å². The Morgan fingerprint density at radius 2 is 1.76 bits per heavy atom. The lowest BCUT2D eigenvalue weighted by molar-refractivity contribution is -0.0778. The summed E-state index contributed by atoms with van der Waals surface area (Å²) >= 11 is 7.21. The van der Waals surface area contributed by atoms with E-state index >= 15 is 0 Å². The predicted octanol–water partition coefficient (Wildman–Crippen LogP) is 5.46. The summed E-state index contributed by atoms with van der Waals surface area (Å²) in [6, 6.07) is 6.78. The number of benzene rings is 1. The van der Waals surface area contributed by atoms with Crippen LogP contribution in [-0.2, 0) is 4.74 Å². The Labute approximate surface area is 145 Å². The second kappa shape index (κ2) is 6.31. The predicted molar refractivity (Wildman–Crippen MR) is 95.6 cm³/mol. The van der Waals surface area contributed by atoms with E-state index in [0.29, 0.717) is 12.0 Å². The second-order valence-electron chi connectivity index (χ2n) is 7.01. The highest BCUT2D eigenvalue weighted by molar-refractivity contribution is 9.11. The molecular formula is C17H25Br2NO. The molecule has 2 nitrogen and oxygen atoms in total. The standard InChI is InChI=1S/C17H25Br2NO/c1-6-20-15(11-7-12(18)9-13(19)8-11)14-10-16(2,3)21-17(14,4)5/h7-9,14-15,20H,6,10H2,1-5H3. The van der Waals surface area contributed by atoms with E-state index in [0.717, 1.165) is 21.9 Å². The number of rotatable bonds is 4. The zero-order valence-corrected chi connectivity index (χ0v) is 16.6. The summed E-state index contributed by atoms with van der Waals surface area (Å²) in [5.74, 6) is 0.439. The van der Waals surface area contributed by atoms with Gasteiger partial charge in [0, 0.05) is 20.9 Å². The van der Waals surface area contributed by atoms with Crippen molar-refractivity contribution in [1.29, 1.82) is 0 Å². The normalized spacial score (nSPS) is 25.0. The minimum Gasteiger partial charge on any atom is -0.369 e. The first-order valence-corrected chi connectivity index (χ1v) is 9.13. The summed E-state index contributed by atoms with van der Waals surface area (Å²) in [7, 11) is 0. The first-order valence-electron chi connectivity index (χ1n) is 7.54. The van der Waals surface area contributed by atoms with Crippen molar-refractivity contribution in [3.8, 4) is 0 Å². The van der Waals surface area contributed by atoms with Crippen LogP contribution < -0.4 is 5.32 Å². The summed E-state index contributed by atoms with van der Waals surface area (Å²) in [6.45, 7) is 11.9. The average Bonchev–Trinajstić information content (AvgIpc) is 2.52. The fraction of sp³-hybridized carbons (Fsp3) is 0.647. The third kappa shape index (κ3) is 4.10. The van der Waals surface area contributed by atoms with E-state index in [-0.39, 0.29) is 11.2 Å². The lowest BCUT2D eigenvalue weighted by Crippen LogP contribution is -2.38. The Hall–Kier alpha value is 0.1000. The summed E-state index contributed by atoms with van der Waals surface area (Å²) in [5.41, 5.74) is 1.11. The van der Waals surface area contributed by atoms with Gasteiger partial charge in [-0.05, 0) is 64.4 Å². The van der Waals surface area contributed by atoms with Crippen molar-refractivity contribution in [2.24, 2.45) is 5.92 Å². The molecule has 2 atom stereocenters. The maximum atomic E-state index is 6.29. The van der Waals surface area contributed by atoms with E-state index < -0.39 is 0 Å². The van der Waals surface area contributed by atoms with Crippen LogP contribution in [0, 0.1) is 5.92 Å². The third-order valence-corrected chi connectivity index (χ3v) is 5.13. The zero-order valence-electron chi connectivity index (χ0n) is 13.5. The fourth-order valence-corrected chi connectivity index (χ4v) is 4.92. The Bertz CT molecular complexity index is 493. The molecular weight excluding hydrogens is 394 g/mol. The minimum absolute atomic E-state index is 0.0644. The molecule has 0 bridgehead atoms. The average molecular weight is 419 g/mol. The topological polar surface area (TPSA) is 21.3 Å². The van der Waals surface area contributed by atoms with E-state index in [9.17, 15) is 0 Å². The molecule has 0 aromatic heterocycles. The van der Waals surface area contributed by atoms with Gasteiger partial charge in [0.25, 0.3) is 0 Å². The summed E-state index contributed by atoms with van der Waals surface area (Å²) in [5, 5.41) is 3.67. The van der Waals surface area contributed by atoms with E-state index in [4.69, 9.17) is 4.74 Å². The van der Waals surface area contributed by atoms with Crippen molar-refractivity contribution in [2.45, 2.75) is 58.3 Å². The van der Waals surface area contributed by atoms with Gasteiger partial charge in [0.15, 0.2) is 0 Å². The smallest absolute Gasteiger partial charge is 0.0681 e. The molecule has 118 valence electrons. The summed E-state index contributed by atoms with van der Waals surface area (Å²) in [4.78, 5) is 0. The first-order chi connectivity index (χ1) is 9.64. The summed E-state index contributed by atoms with van der Waals surface area (Å²) in [6.07, 6.45) is 1.06. The molecule has 4 heteroatoms. The number of ether oxygens (including phenoxy) is 1. The lowest BCUT2D eigenvalue weighted by Gasteiger charge is -2.34. The quantitative estimate of drug-likeness (QED) is 0.701. The maximum Gasteiger partial charge on any atom is 0.0681 e. The molecule has 1 fully saturated rings. The van der Waals surface area contributed by atoms with Crippen LogP contribution in [0.2, 0.25) is 0 Å². The third-order valence-electron chi connectivity index (χ3n) is 4.21. The van der Waals surface area contributed by atoms with Crippen molar-refractivity contribution in [2.75, 3.05) is 6.54 Å². The van der Waals surface area contributed by atoms with E-state index in [1.54, 1.807) is 0 Å². The van der Waals surface area contributed by atoms with Gasteiger partial charge in [-0.15, -0.1) is 0 Å². The van der Waals surface area contributed by atoms with Crippen molar-refractivity contribution < 1.29 is 4.74 Å². The monoisotopic (exact) mass is 417 g/mol. The van der Waals surface area contributed by atoms with Crippen LogP contribution in [0.5, 0.6) is 0 Å². The SMILES string of the molecule is CCNC(c1cc(Br)cc(Br)c1)C1CC(C)(C)OC1(C)C. The van der Waals surface area contributed by atoms with E-state index in [1.807, 2.05) is 0 Å². The molecule has 0 amide bonds. The highest BCUT2D eigenvalue weighted by Gasteiger charge is 2.49. The molecule has 0 aliphatic carbocycles. The van der Waals surface area contributed by atoms with Crippen LogP contribution in [0.4, 0.5) is 0 Å². The highest BCUT2D eigenvalue weighted by Crippen LogP contribution is 2.48. The Balaban J connectivity index is 2.39. The Morgan fingerprint density at radius 1 is 1.19 bits per heavy atom. The molecule has 1 heterocycles. The molecule has 1 saturated heterocycles. The molecule has 0 radical (unpaired) electrons. The van der Waals surface area contributed by atoms with Crippen molar-refractivity contribution in [3.63, 3.8) is 0 Å². The first kappa shape index (κ1) is 17.5. The molecule has 1 aromatic rings. The second-order valence-corrected chi connectivity index (χ2v) is 8.85. The minimum atomic E-state index is -0.134. The van der Waals surface area contributed by atoms with Crippen molar-refractivity contribution in [1.82, 2.24) is 5.32 Å². The largest absolute Gasteiger partial charge is 0.369 e. The maximum absolute atomic E-state index is 6.29. The summed E-state index contributed by atoms with van der Waals surface area (Å²) < 4.78 is 8.50. The van der Waals surface area contributed by atoms with Gasteiger partial charge < -0.3 is 10.1 Å². The van der Waals surface area contributed by atoms with E-state index in [1.165, 1.54) is 5.56 Å². The molecule has 2 rings (SSSR count). The highest BCUT2D eigenvalue weighted by atomic mass is 79.9. The van der Waals surface area contributed by atoms with Gasteiger partial charge in [0.05, 0.1) is 11.2 Å². The molecule has 1 aromatic carbocycles. The lowest BCUT2D eigenvalue weighted by atomic mass is 9.79. The van der Waals surface area contributed by atoms with Crippen LogP contribution in [0.3, 0.4) is 0 Å². The Morgan fingerprint density at radius 3 is 2.19 bits per heavy atom. The molecule has 0 spiro atoms. The molecule has 21 heavy (non-hydrogen) atoms. The van der Waals surface area contributed by atoms with Crippen molar-refractivity contribution >= 4 is 31.9 Å². The molecule has 1 N–H and O–H groups in total. The number of hydrogen-bond acceptors (Lipinski definition) is 2. The van der Waals surface area contributed by atoms with Gasteiger partial charge >= 0.3 is 0 Å². The van der Waals surface area contributed by atoms with Gasteiger partial charge in [-0.1, -0.05) is 38.8 Å². The number of nitrogens with one attached hydrogen (secondary N) is 1. The van der Waals surface area contributed by atoms with Crippen LogP contribution in [0.1, 0.15) is 52.6 Å². The van der Waals surface area contributed by atoms with Gasteiger partial charge in [0.2, 0.25) is 0 Å². The molecule has 1 aliphatic rings. The van der Waals surface area contributed by atoms with Crippen LogP contribution in [0.15, 0.2) is 27.1 Å². The van der Waals surface area contributed by atoms with Gasteiger partial charge in [-0.25, -0.2) is 0 Å². The van der Waals surface area contributed by atoms with Crippen LogP contribution in [0.25, 0.3) is 0 Å². The van der Waals surface area contributed by atoms with Gasteiger partial charge in [-0.2, -0.15) is 0 Å². The van der Waals surface area contributed by atoms with Crippen LogP contribution in [-0.4, -0.2) is 17.7 Å². The molecule has 2 unspecified atom stereocenters. The van der Waals surface area contributed by atoms with Gasteiger partial charge in [0.1, 0.15) is 0 Å². The Kier molecular flexibility index (Phi) is 5.24.